The van der Waals surface area contributed by atoms with E-state index in [1.807, 2.05) is 36.2 Å². The van der Waals surface area contributed by atoms with Gasteiger partial charge in [-0.25, -0.2) is 4.68 Å². The summed E-state index contributed by atoms with van der Waals surface area (Å²) in [5, 5.41) is 8.28. The van der Waals surface area contributed by atoms with E-state index >= 15 is 0 Å². The number of benzene rings is 1. The Kier molecular flexibility index (Phi) is 4.45. The quantitative estimate of drug-likeness (QED) is 0.945. The van der Waals surface area contributed by atoms with Crippen LogP contribution in [0.2, 0.25) is 5.02 Å². The summed E-state index contributed by atoms with van der Waals surface area (Å²) in [4.78, 5) is 14.4. The molecule has 116 valence electrons. The van der Waals surface area contributed by atoms with Crippen molar-refractivity contribution < 1.29 is 4.79 Å². The van der Waals surface area contributed by atoms with Gasteiger partial charge in [-0.05, 0) is 44.2 Å². The van der Waals surface area contributed by atoms with Crippen LogP contribution in [-0.2, 0) is 0 Å². The number of carbonyl (C=O) groups excluding carboxylic acids is 1. The number of likely N-dealkylation sites (N-methyl/N-ethyl adjacent to an activating group) is 1. The van der Waals surface area contributed by atoms with Gasteiger partial charge in [0.05, 0.1) is 5.69 Å². The number of likely N-dealkylation sites (tertiary alicyclic amines) is 1. The van der Waals surface area contributed by atoms with E-state index in [0.29, 0.717) is 16.8 Å². The van der Waals surface area contributed by atoms with Gasteiger partial charge in [0.25, 0.3) is 5.91 Å². The molecule has 3 rings (SSSR count). The van der Waals surface area contributed by atoms with Crippen molar-refractivity contribution in [1.29, 1.82) is 0 Å². The molecule has 1 unspecified atom stereocenters. The molecule has 1 aliphatic heterocycles. The molecule has 1 N–H and O–H groups in total. The largest absolute Gasteiger partial charge is 0.336 e. The fourth-order valence-corrected chi connectivity index (χ4v) is 2.94. The number of nitrogens with one attached hydrogen (secondary N) is 1. The number of halogens is 1. The van der Waals surface area contributed by atoms with Gasteiger partial charge in [-0.2, -0.15) is 5.10 Å². The Morgan fingerprint density at radius 3 is 3.05 bits per heavy atom. The third-order valence-corrected chi connectivity index (χ3v) is 4.23. The second kappa shape index (κ2) is 6.50. The molecule has 1 aromatic carbocycles. The van der Waals surface area contributed by atoms with Crippen LogP contribution in [0.15, 0.2) is 36.5 Å². The molecule has 1 aromatic heterocycles. The first kappa shape index (κ1) is 15.1. The van der Waals surface area contributed by atoms with Crippen molar-refractivity contribution in [2.75, 3.05) is 20.1 Å². The van der Waals surface area contributed by atoms with Crippen LogP contribution in [0.25, 0.3) is 5.69 Å². The molecule has 0 spiro atoms. The van der Waals surface area contributed by atoms with Crippen molar-refractivity contribution >= 4 is 17.5 Å². The van der Waals surface area contributed by atoms with Gasteiger partial charge in [0, 0.05) is 30.4 Å². The normalized spacial score (nSPS) is 18.5. The fraction of sp³-hybridized carbons (Fsp3) is 0.375. The number of rotatable bonds is 3. The molecular formula is C16H19ClN4O. The van der Waals surface area contributed by atoms with Crippen molar-refractivity contribution in [3.8, 4) is 5.69 Å². The third kappa shape index (κ3) is 3.15. The smallest absolute Gasteiger partial charge is 0.274 e. The van der Waals surface area contributed by atoms with Crippen LogP contribution in [0.5, 0.6) is 0 Å². The monoisotopic (exact) mass is 318 g/mol. The molecule has 22 heavy (non-hydrogen) atoms. The van der Waals surface area contributed by atoms with Crippen LogP contribution < -0.4 is 5.32 Å². The lowest BCUT2D eigenvalue weighted by atomic mass is 10.1. The Morgan fingerprint density at radius 1 is 1.41 bits per heavy atom. The van der Waals surface area contributed by atoms with E-state index in [9.17, 15) is 4.79 Å². The lowest BCUT2D eigenvalue weighted by molar-refractivity contribution is 0.0691. The number of carbonyl (C=O) groups is 1. The van der Waals surface area contributed by atoms with Gasteiger partial charge in [0.15, 0.2) is 5.69 Å². The van der Waals surface area contributed by atoms with E-state index in [-0.39, 0.29) is 5.91 Å². The van der Waals surface area contributed by atoms with Crippen LogP contribution in [0.1, 0.15) is 23.3 Å². The highest BCUT2D eigenvalue weighted by molar-refractivity contribution is 6.30. The average molecular weight is 319 g/mol. The third-order valence-electron chi connectivity index (χ3n) is 4.00. The standard InChI is InChI=1S/C16H19ClN4O/c1-18-13-5-3-8-20(11-13)16(22)15-7-9-21(19-15)14-6-2-4-12(17)10-14/h2,4,6-7,9-10,13,18H,3,5,8,11H2,1H3. The van der Waals surface area contributed by atoms with Gasteiger partial charge in [-0.3, -0.25) is 4.79 Å². The maximum absolute atomic E-state index is 12.6. The number of hydrogen-bond acceptors (Lipinski definition) is 3. The van der Waals surface area contributed by atoms with Crippen LogP contribution >= 0.6 is 11.6 Å². The first-order valence-corrected chi connectivity index (χ1v) is 7.83. The molecule has 6 heteroatoms. The Balaban J connectivity index is 1.77. The molecule has 1 atom stereocenters. The maximum atomic E-state index is 12.6. The van der Waals surface area contributed by atoms with Gasteiger partial charge < -0.3 is 10.2 Å². The highest BCUT2D eigenvalue weighted by Gasteiger charge is 2.24. The number of amides is 1. The summed E-state index contributed by atoms with van der Waals surface area (Å²) >= 11 is 5.99. The Bertz CT molecular complexity index is 670. The number of nitrogens with zero attached hydrogens (tertiary/aromatic N) is 3. The van der Waals surface area contributed by atoms with E-state index in [2.05, 4.69) is 10.4 Å². The molecule has 2 heterocycles. The molecular weight excluding hydrogens is 300 g/mol. The van der Waals surface area contributed by atoms with Crippen LogP contribution in [-0.4, -0.2) is 46.8 Å². The molecule has 2 aromatic rings. The lowest BCUT2D eigenvalue weighted by Gasteiger charge is -2.32. The summed E-state index contributed by atoms with van der Waals surface area (Å²) in [7, 11) is 1.94. The predicted octanol–water partition coefficient (Wildman–Crippen LogP) is 2.35. The molecule has 0 aliphatic carbocycles. The van der Waals surface area contributed by atoms with Crippen molar-refractivity contribution in [2.24, 2.45) is 0 Å². The maximum Gasteiger partial charge on any atom is 0.274 e. The van der Waals surface area contributed by atoms with Gasteiger partial charge in [-0.1, -0.05) is 17.7 Å². The summed E-state index contributed by atoms with van der Waals surface area (Å²) in [6.07, 6.45) is 3.92. The molecule has 1 aliphatic rings. The van der Waals surface area contributed by atoms with Crippen molar-refractivity contribution in [3.05, 3.63) is 47.2 Å². The topological polar surface area (TPSA) is 50.2 Å². The summed E-state index contributed by atoms with van der Waals surface area (Å²) < 4.78 is 1.68. The molecule has 1 amide bonds. The minimum absolute atomic E-state index is 0.0132. The number of piperidine rings is 1. The van der Waals surface area contributed by atoms with Crippen molar-refractivity contribution in [3.63, 3.8) is 0 Å². The zero-order chi connectivity index (χ0) is 15.5. The Labute approximate surface area is 134 Å². The summed E-state index contributed by atoms with van der Waals surface area (Å²) in [6, 6.07) is 9.53. The second-order valence-corrected chi connectivity index (χ2v) is 5.94. The number of hydrogen-bond donors (Lipinski definition) is 1. The first-order chi connectivity index (χ1) is 10.7. The molecule has 0 saturated carbocycles. The van der Waals surface area contributed by atoms with Crippen molar-refractivity contribution in [2.45, 2.75) is 18.9 Å². The van der Waals surface area contributed by atoms with Gasteiger partial charge in [0.1, 0.15) is 0 Å². The van der Waals surface area contributed by atoms with Gasteiger partial charge in [0.2, 0.25) is 0 Å². The SMILES string of the molecule is CNC1CCCN(C(=O)c2ccn(-c3cccc(Cl)c3)n2)C1. The average Bonchev–Trinajstić information content (AvgIpc) is 3.04. The predicted molar refractivity (Wildman–Crippen MR) is 86.6 cm³/mol. The highest BCUT2D eigenvalue weighted by atomic mass is 35.5. The summed E-state index contributed by atoms with van der Waals surface area (Å²) in [5.74, 6) is -0.0132. The Hall–Kier alpha value is -1.85. The van der Waals surface area contributed by atoms with E-state index in [4.69, 9.17) is 11.6 Å². The first-order valence-electron chi connectivity index (χ1n) is 7.45. The zero-order valence-corrected chi connectivity index (χ0v) is 13.3. The Morgan fingerprint density at radius 2 is 2.27 bits per heavy atom. The fourth-order valence-electron chi connectivity index (χ4n) is 2.76. The van der Waals surface area contributed by atoms with Crippen LogP contribution in [0, 0.1) is 0 Å². The molecule has 0 bridgehead atoms. The lowest BCUT2D eigenvalue weighted by Crippen LogP contribution is -2.47. The summed E-state index contributed by atoms with van der Waals surface area (Å²) in [6.45, 7) is 1.53. The molecule has 0 radical (unpaired) electrons. The molecule has 5 nitrogen and oxygen atoms in total. The van der Waals surface area contributed by atoms with Crippen LogP contribution in [0.4, 0.5) is 0 Å². The molecule has 1 fully saturated rings. The van der Waals surface area contributed by atoms with Gasteiger partial charge >= 0.3 is 0 Å². The van der Waals surface area contributed by atoms with E-state index < -0.39 is 0 Å². The van der Waals surface area contributed by atoms with E-state index in [0.717, 1.165) is 31.6 Å². The molecule has 1 saturated heterocycles. The van der Waals surface area contributed by atoms with Crippen molar-refractivity contribution in [1.82, 2.24) is 20.0 Å². The number of aromatic nitrogens is 2. The van der Waals surface area contributed by atoms with Crippen LogP contribution in [0.3, 0.4) is 0 Å². The second-order valence-electron chi connectivity index (χ2n) is 5.50. The van der Waals surface area contributed by atoms with Gasteiger partial charge in [-0.15, -0.1) is 0 Å². The minimum atomic E-state index is -0.0132. The zero-order valence-electron chi connectivity index (χ0n) is 12.5. The van der Waals surface area contributed by atoms with E-state index in [1.165, 1.54) is 0 Å². The highest BCUT2D eigenvalue weighted by Crippen LogP contribution is 2.16. The van der Waals surface area contributed by atoms with E-state index in [1.54, 1.807) is 16.9 Å². The minimum Gasteiger partial charge on any atom is -0.336 e. The summed E-state index contributed by atoms with van der Waals surface area (Å²) in [5.41, 5.74) is 1.31.